The number of ether oxygens (including phenoxy) is 1. The molecule has 0 bridgehead atoms. The summed E-state index contributed by atoms with van der Waals surface area (Å²) in [6.45, 7) is 9.07. The molecule has 1 amide bonds. The summed E-state index contributed by atoms with van der Waals surface area (Å²) in [5.41, 5.74) is -0.354. The zero-order valence-electron chi connectivity index (χ0n) is 12.9. The standard InChI is InChI=1S/C15H21BrN2O3/c1-9(2)11(14(20)21-15(3,4)5)18-13(19)12-10(16)7-6-8-17-12/h6-9,11H,1-5H3,(H,18,19)/t11-/m0/s1. The van der Waals surface area contributed by atoms with Crippen molar-refractivity contribution in [3.63, 3.8) is 0 Å². The van der Waals surface area contributed by atoms with Crippen LogP contribution in [0.15, 0.2) is 22.8 Å². The number of esters is 1. The lowest BCUT2D eigenvalue weighted by Gasteiger charge is -2.26. The average Bonchev–Trinajstić information content (AvgIpc) is 2.33. The molecule has 1 N–H and O–H groups in total. The van der Waals surface area contributed by atoms with Gasteiger partial charge in [-0.05, 0) is 54.8 Å². The Morgan fingerprint density at radius 3 is 2.43 bits per heavy atom. The third kappa shape index (κ3) is 5.46. The van der Waals surface area contributed by atoms with E-state index in [2.05, 4.69) is 26.2 Å². The maximum atomic E-state index is 12.2. The second-order valence-corrected chi connectivity index (χ2v) is 6.92. The van der Waals surface area contributed by atoms with E-state index in [1.54, 1.807) is 32.9 Å². The third-order valence-electron chi connectivity index (χ3n) is 2.59. The Hall–Kier alpha value is -1.43. The highest BCUT2D eigenvalue weighted by Crippen LogP contribution is 2.16. The molecule has 0 aliphatic rings. The molecule has 1 rings (SSSR count). The van der Waals surface area contributed by atoms with Gasteiger partial charge in [0.25, 0.3) is 5.91 Å². The molecule has 21 heavy (non-hydrogen) atoms. The second-order valence-electron chi connectivity index (χ2n) is 6.06. The van der Waals surface area contributed by atoms with Gasteiger partial charge in [0.1, 0.15) is 17.3 Å². The van der Waals surface area contributed by atoms with Gasteiger partial charge in [0, 0.05) is 10.7 Å². The molecule has 0 spiro atoms. The van der Waals surface area contributed by atoms with Crippen molar-refractivity contribution in [3.8, 4) is 0 Å². The lowest BCUT2D eigenvalue weighted by molar-refractivity contribution is -0.158. The van der Waals surface area contributed by atoms with Crippen molar-refractivity contribution in [2.45, 2.75) is 46.3 Å². The number of carbonyl (C=O) groups is 2. The molecule has 1 atom stereocenters. The number of amides is 1. The van der Waals surface area contributed by atoms with Gasteiger partial charge in [-0.2, -0.15) is 0 Å². The molecule has 1 aromatic heterocycles. The summed E-state index contributed by atoms with van der Waals surface area (Å²) in [5, 5.41) is 2.69. The highest BCUT2D eigenvalue weighted by Gasteiger charge is 2.30. The fourth-order valence-corrected chi connectivity index (χ4v) is 2.06. The number of nitrogens with zero attached hydrogens (tertiary/aromatic N) is 1. The highest BCUT2D eigenvalue weighted by molar-refractivity contribution is 9.10. The van der Waals surface area contributed by atoms with Crippen LogP contribution in [0.5, 0.6) is 0 Å². The summed E-state index contributed by atoms with van der Waals surface area (Å²) in [4.78, 5) is 28.4. The average molecular weight is 357 g/mol. The first-order valence-electron chi connectivity index (χ1n) is 6.76. The summed E-state index contributed by atoms with van der Waals surface area (Å²) in [5.74, 6) is -0.948. The number of pyridine rings is 1. The van der Waals surface area contributed by atoms with E-state index in [0.717, 1.165) is 0 Å². The van der Waals surface area contributed by atoms with Crippen molar-refractivity contribution in [1.82, 2.24) is 10.3 Å². The molecular formula is C15H21BrN2O3. The minimum Gasteiger partial charge on any atom is -0.458 e. The van der Waals surface area contributed by atoms with Gasteiger partial charge in [-0.3, -0.25) is 4.79 Å². The van der Waals surface area contributed by atoms with E-state index in [1.807, 2.05) is 13.8 Å². The largest absolute Gasteiger partial charge is 0.458 e. The van der Waals surface area contributed by atoms with E-state index < -0.39 is 23.5 Å². The zero-order valence-corrected chi connectivity index (χ0v) is 14.5. The van der Waals surface area contributed by atoms with Crippen molar-refractivity contribution in [2.24, 2.45) is 5.92 Å². The molecule has 0 aromatic carbocycles. The molecule has 0 saturated heterocycles. The first-order valence-corrected chi connectivity index (χ1v) is 7.55. The highest BCUT2D eigenvalue weighted by atomic mass is 79.9. The number of halogens is 1. The number of rotatable bonds is 4. The van der Waals surface area contributed by atoms with Crippen LogP contribution in [0.2, 0.25) is 0 Å². The van der Waals surface area contributed by atoms with Crippen LogP contribution in [-0.2, 0) is 9.53 Å². The minimum absolute atomic E-state index is 0.0914. The fourth-order valence-electron chi connectivity index (χ4n) is 1.63. The van der Waals surface area contributed by atoms with Crippen LogP contribution in [0.3, 0.4) is 0 Å². The predicted octanol–water partition coefficient (Wildman–Crippen LogP) is 2.94. The molecule has 5 nitrogen and oxygen atoms in total. The minimum atomic E-state index is -0.717. The molecule has 0 aliphatic heterocycles. The monoisotopic (exact) mass is 356 g/mol. The molecule has 0 unspecified atom stereocenters. The second kappa shape index (κ2) is 7.02. The van der Waals surface area contributed by atoms with Crippen LogP contribution in [0, 0.1) is 5.92 Å². The van der Waals surface area contributed by atoms with Crippen LogP contribution >= 0.6 is 15.9 Å². The Balaban J connectivity index is 2.87. The number of nitrogens with one attached hydrogen (secondary N) is 1. The zero-order chi connectivity index (χ0) is 16.2. The van der Waals surface area contributed by atoms with Crippen molar-refractivity contribution in [2.75, 3.05) is 0 Å². The third-order valence-corrected chi connectivity index (χ3v) is 3.23. The van der Waals surface area contributed by atoms with E-state index in [0.29, 0.717) is 4.47 Å². The number of hydrogen-bond acceptors (Lipinski definition) is 4. The van der Waals surface area contributed by atoms with Crippen LogP contribution in [0.1, 0.15) is 45.1 Å². The Morgan fingerprint density at radius 2 is 1.95 bits per heavy atom. The molecule has 0 radical (unpaired) electrons. The van der Waals surface area contributed by atoms with E-state index >= 15 is 0 Å². The van der Waals surface area contributed by atoms with Gasteiger partial charge in [0.05, 0.1) is 0 Å². The van der Waals surface area contributed by atoms with Crippen molar-refractivity contribution in [1.29, 1.82) is 0 Å². The van der Waals surface area contributed by atoms with Gasteiger partial charge in [-0.25, -0.2) is 9.78 Å². The van der Waals surface area contributed by atoms with Crippen molar-refractivity contribution in [3.05, 3.63) is 28.5 Å². The summed E-state index contributed by atoms with van der Waals surface area (Å²) < 4.78 is 5.92. The van der Waals surface area contributed by atoms with Gasteiger partial charge in [0.15, 0.2) is 0 Å². The lowest BCUT2D eigenvalue weighted by atomic mass is 10.0. The van der Waals surface area contributed by atoms with Gasteiger partial charge in [-0.15, -0.1) is 0 Å². The predicted molar refractivity (Wildman–Crippen MR) is 83.9 cm³/mol. The Morgan fingerprint density at radius 1 is 1.33 bits per heavy atom. The summed E-state index contributed by atoms with van der Waals surface area (Å²) >= 11 is 3.27. The molecule has 0 aliphatic carbocycles. The number of carbonyl (C=O) groups excluding carboxylic acids is 2. The van der Waals surface area contributed by atoms with Gasteiger partial charge >= 0.3 is 5.97 Å². The molecule has 1 heterocycles. The fraction of sp³-hybridized carbons (Fsp3) is 0.533. The van der Waals surface area contributed by atoms with E-state index in [4.69, 9.17) is 4.74 Å². The summed E-state index contributed by atoms with van der Waals surface area (Å²) in [7, 11) is 0. The Labute approximate surface area is 133 Å². The van der Waals surface area contributed by atoms with E-state index in [9.17, 15) is 9.59 Å². The Bertz CT molecular complexity index is 524. The van der Waals surface area contributed by atoms with Crippen LogP contribution in [-0.4, -0.2) is 28.5 Å². The Kier molecular flexibility index (Phi) is 5.89. The molecule has 1 aromatic rings. The lowest BCUT2D eigenvalue weighted by Crippen LogP contribution is -2.47. The smallest absolute Gasteiger partial charge is 0.329 e. The van der Waals surface area contributed by atoms with Gasteiger partial charge in [0.2, 0.25) is 0 Å². The maximum absolute atomic E-state index is 12.2. The molecule has 6 heteroatoms. The summed E-state index contributed by atoms with van der Waals surface area (Å²) in [6.07, 6.45) is 1.53. The molecule has 0 saturated carbocycles. The molecular weight excluding hydrogens is 336 g/mol. The van der Waals surface area contributed by atoms with Crippen LogP contribution in [0.4, 0.5) is 0 Å². The van der Waals surface area contributed by atoms with Gasteiger partial charge in [-0.1, -0.05) is 13.8 Å². The van der Waals surface area contributed by atoms with Crippen LogP contribution in [0.25, 0.3) is 0 Å². The SMILES string of the molecule is CC(C)[C@H](NC(=O)c1ncccc1Br)C(=O)OC(C)(C)C. The summed E-state index contributed by atoms with van der Waals surface area (Å²) in [6, 6.07) is 2.72. The molecule has 0 fully saturated rings. The van der Waals surface area contributed by atoms with Crippen molar-refractivity contribution >= 4 is 27.8 Å². The molecule has 116 valence electrons. The van der Waals surface area contributed by atoms with E-state index in [-0.39, 0.29) is 11.6 Å². The first-order chi connectivity index (χ1) is 9.61. The van der Waals surface area contributed by atoms with Crippen LogP contribution < -0.4 is 5.32 Å². The topological polar surface area (TPSA) is 68.3 Å². The van der Waals surface area contributed by atoms with E-state index in [1.165, 1.54) is 6.20 Å². The van der Waals surface area contributed by atoms with Crippen molar-refractivity contribution < 1.29 is 14.3 Å². The van der Waals surface area contributed by atoms with Gasteiger partial charge < -0.3 is 10.1 Å². The maximum Gasteiger partial charge on any atom is 0.329 e. The number of aromatic nitrogens is 1. The normalized spacial score (nSPS) is 12.9. The number of hydrogen-bond donors (Lipinski definition) is 1. The quantitative estimate of drug-likeness (QED) is 0.842. The first kappa shape index (κ1) is 17.6.